The minimum absolute atomic E-state index is 0.124. The first-order valence-electron chi connectivity index (χ1n) is 5.59. The highest BCUT2D eigenvalue weighted by Gasteiger charge is 2.40. The first-order chi connectivity index (χ1) is 8.15. The SMILES string of the molecule is CN(CC(=O)NC1(CC(=O)O)CCC1)S(C)(=O)=O. The third-order valence-electron chi connectivity index (χ3n) is 3.14. The summed E-state index contributed by atoms with van der Waals surface area (Å²) in [6, 6.07) is 0. The lowest BCUT2D eigenvalue weighted by Crippen LogP contribution is -2.56. The van der Waals surface area contributed by atoms with Crippen molar-refractivity contribution in [3.8, 4) is 0 Å². The molecule has 7 nitrogen and oxygen atoms in total. The van der Waals surface area contributed by atoms with Crippen LogP contribution in [0, 0.1) is 0 Å². The minimum atomic E-state index is -3.41. The van der Waals surface area contributed by atoms with Gasteiger partial charge in [0, 0.05) is 7.05 Å². The third-order valence-corrected chi connectivity index (χ3v) is 4.40. The van der Waals surface area contributed by atoms with E-state index in [2.05, 4.69) is 5.32 Å². The normalized spacial score (nSPS) is 18.2. The highest BCUT2D eigenvalue weighted by molar-refractivity contribution is 7.88. The van der Waals surface area contributed by atoms with E-state index in [1.54, 1.807) is 0 Å². The van der Waals surface area contributed by atoms with Gasteiger partial charge in [0.1, 0.15) is 0 Å². The summed E-state index contributed by atoms with van der Waals surface area (Å²) in [6.45, 7) is -0.291. The van der Waals surface area contributed by atoms with Crippen LogP contribution in [0.1, 0.15) is 25.7 Å². The molecule has 0 aromatic heterocycles. The maximum atomic E-state index is 11.7. The van der Waals surface area contributed by atoms with Crippen LogP contribution in [-0.4, -0.2) is 55.1 Å². The fraction of sp³-hybridized carbons (Fsp3) is 0.800. The van der Waals surface area contributed by atoms with Gasteiger partial charge < -0.3 is 10.4 Å². The summed E-state index contributed by atoms with van der Waals surface area (Å²) in [5.41, 5.74) is -0.693. The van der Waals surface area contributed by atoms with Crippen molar-refractivity contribution >= 4 is 21.9 Å². The number of carbonyl (C=O) groups excluding carboxylic acids is 1. The molecule has 0 unspecified atom stereocenters. The maximum Gasteiger partial charge on any atom is 0.305 e. The van der Waals surface area contributed by atoms with Gasteiger partial charge in [-0.3, -0.25) is 9.59 Å². The molecular weight excluding hydrogens is 260 g/mol. The van der Waals surface area contributed by atoms with E-state index in [0.717, 1.165) is 17.0 Å². The summed E-state index contributed by atoms with van der Waals surface area (Å²) in [5, 5.41) is 11.4. The monoisotopic (exact) mass is 278 g/mol. The van der Waals surface area contributed by atoms with Gasteiger partial charge in [0.25, 0.3) is 0 Å². The predicted molar refractivity (Wildman–Crippen MR) is 64.5 cm³/mol. The molecule has 0 atom stereocenters. The van der Waals surface area contributed by atoms with E-state index in [1.807, 2.05) is 0 Å². The average Bonchev–Trinajstić information content (AvgIpc) is 2.11. The molecule has 0 saturated heterocycles. The van der Waals surface area contributed by atoms with Crippen molar-refractivity contribution < 1.29 is 23.1 Å². The molecule has 0 spiro atoms. The zero-order valence-electron chi connectivity index (χ0n) is 10.5. The molecule has 0 radical (unpaired) electrons. The van der Waals surface area contributed by atoms with Crippen molar-refractivity contribution in [2.24, 2.45) is 0 Å². The van der Waals surface area contributed by atoms with E-state index < -0.39 is 27.4 Å². The first kappa shape index (κ1) is 14.9. The van der Waals surface area contributed by atoms with Crippen LogP contribution in [-0.2, 0) is 19.6 Å². The number of amides is 1. The lowest BCUT2D eigenvalue weighted by Gasteiger charge is -2.41. The lowest BCUT2D eigenvalue weighted by molar-refractivity contribution is -0.140. The lowest BCUT2D eigenvalue weighted by atomic mass is 9.74. The molecule has 0 heterocycles. The van der Waals surface area contributed by atoms with Crippen LogP contribution in [0.25, 0.3) is 0 Å². The zero-order valence-corrected chi connectivity index (χ0v) is 11.3. The van der Waals surface area contributed by atoms with Crippen molar-refractivity contribution in [1.82, 2.24) is 9.62 Å². The smallest absolute Gasteiger partial charge is 0.305 e. The number of carboxylic acid groups (broad SMARTS) is 1. The topological polar surface area (TPSA) is 104 Å². The number of carboxylic acids is 1. The number of carbonyl (C=O) groups is 2. The van der Waals surface area contributed by atoms with Gasteiger partial charge in [-0.25, -0.2) is 8.42 Å². The molecule has 1 rings (SSSR count). The van der Waals surface area contributed by atoms with Gasteiger partial charge in [0.2, 0.25) is 15.9 Å². The van der Waals surface area contributed by atoms with E-state index in [4.69, 9.17) is 5.11 Å². The number of aliphatic carboxylic acids is 1. The Balaban J connectivity index is 2.56. The standard InChI is InChI=1S/C10H18N2O5S/c1-12(18(2,16)17)7-8(13)11-10(4-3-5-10)6-9(14)15/h3-7H2,1-2H3,(H,11,13)(H,14,15). The Labute approximate surface area is 106 Å². The van der Waals surface area contributed by atoms with Crippen molar-refractivity contribution in [3.63, 3.8) is 0 Å². The van der Waals surface area contributed by atoms with Crippen LogP contribution in [0.3, 0.4) is 0 Å². The summed E-state index contributed by atoms with van der Waals surface area (Å²) in [5.74, 6) is -1.43. The second-order valence-corrected chi connectivity index (χ2v) is 6.86. The van der Waals surface area contributed by atoms with Crippen LogP contribution in [0.15, 0.2) is 0 Å². The Bertz CT molecular complexity index is 441. The molecule has 0 aromatic carbocycles. The van der Waals surface area contributed by atoms with Gasteiger partial charge in [-0.1, -0.05) is 0 Å². The fourth-order valence-corrected chi connectivity index (χ4v) is 2.25. The number of rotatable bonds is 6. The highest BCUT2D eigenvalue weighted by Crippen LogP contribution is 2.34. The Hall–Kier alpha value is -1.15. The van der Waals surface area contributed by atoms with Gasteiger partial charge in [0.05, 0.1) is 24.8 Å². The fourth-order valence-electron chi connectivity index (χ4n) is 1.89. The number of hydrogen-bond acceptors (Lipinski definition) is 4. The van der Waals surface area contributed by atoms with E-state index in [0.29, 0.717) is 12.8 Å². The quantitative estimate of drug-likeness (QED) is 0.674. The minimum Gasteiger partial charge on any atom is -0.481 e. The van der Waals surface area contributed by atoms with E-state index in [1.165, 1.54) is 7.05 Å². The summed E-state index contributed by atoms with van der Waals surface area (Å²) in [4.78, 5) is 22.4. The maximum absolute atomic E-state index is 11.7. The van der Waals surface area contributed by atoms with Gasteiger partial charge >= 0.3 is 5.97 Å². The number of likely N-dealkylation sites (N-methyl/N-ethyl adjacent to an activating group) is 1. The van der Waals surface area contributed by atoms with Crippen molar-refractivity contribution in [2.75, 3.05) is 19.8 Å². The molecule has 2 N–H and O–H groups in total. The summed E-state index contributed by atoms with van der Waals surface area (Å²) < 4.78 is 23.2. The Kier molecular flexibility index (Phi) is 4.33. The number of hydrogen-bond donors (Lipinski definition) is 2. The van der Waals surface area contributed by atoms with Crippen LogP contribution in [0.4, 0.5) is 0 Å². The molecule has 1 aliphatic carbocycles. The second kappa shape index (κ2) is 5.23. The van der Waals surface area contributed by atoms with Crippen molar-refractivity contribution in [1.29, 1.82) is 0 Å². The summed E-state index contributed by atoms with van der Waals surface area (Å²) >= 11 is 0. The van der Waals surface area contributed by atoms with E-state index >= 15 is 0 Å². The first-order valence-corrected chi connectivity index (χ1v) is 7.44. The Morgan fingerprint density at radius 3 is 2.28 bits per heavy atom. The Morgan fingerprint density at radius 2 is 1.94 bits per heavy atom. The molecular formula is C10H18N2O5S. The average molecular weight is 278 g/mol. The molecule has 1 saturated carbocycles. The van der Waals surface area contributed by atoms with Crippen LogP contribution < -0.4 is 5.32 Å². The summed E-state index contributed by atoms with van der Waals surface area (Å²) in [6.07, 6.45) is 2.99. The van der Waals surface area contributed by atoms with Gasteiger partial charge in [-0.15, -0.1) is 0 Å². The molecule has 0 aliphatic heterocycles. The largest absolute Gasteiger partial charge is 0.481 e. The number of nitrogens with zero attached hydrogens (tertiary/aromatic N) is 1. The van der Waals surface area contributed by atoms with Crippen LogP contribution in [0.2, 0.25) is 0 Å². The van der Waals surface area contributed by atoms with Gasteiger partial charge in [-0.05, 0) is 19.3 Å². The zero-order chi connectivity index (χ0) is 14.0. The number of sulfonamides is 1. The van der Waals surface area contributed by atoms with Crippen LogP contribution >= 0.6 is 0 Å². The van der Waals surface area contributed by atoms with E-state index in [-0.39, 0.29) is 13.0 Å². The molecule has 1 fully saturated rings. The predicted octanol–water partition coefficient (Wildman–Crippen LogP) is -0.609. The van der Waals surface area contributed by atoms with Gasteiger partial charge in [0.15, 0.2) is 0 Å². The molecule has 104 valence electrons. The van der Waals surface area contributed by atoms with E-state index in [9.17, 15) is 18.0 Å². The van der Waals surface area contributed by atoms with Crippen molar-refractivity contribution in [3.05, 3.63) is 0 Å². The molecule has 0 bridgehead atoms. The third kappa shape index (κ3) is 3.95. The molecule has 0 aromatic rings. The highest BCUT2D eigenvalue weighted by atomic mass is 32.2. The van der Waals surface area contributed by atoms with Crippen LogP contribution in [0.5, 0.6) is 0 Å². The molecule has 18 heavy (non-hydrogen) atoms. The molecule has 1 aliphatic rings. The molecule has 1 amide bonds. The van der Waals surface area contributed by atoms with Gasteiger partial charge in [-0.2, -0.15) is 4.31 Å². The second-order valence-electron chi connectivity index (χ2n) is 4.77. The number of nitrogens with one attached hydrogen (secondary N) is 1. The molecule has 8 heteroatoms. The summed E-state index contributed by atoms with van der Waals surface area (Å²) in [7, 11) is -2.10. The Morgan fingerprint density at radius 1 is 1.39 bits per heavy atom. The van der Waals surface area contributed by atoms with Crippen molar-refractivity contribution in [2.45, 2.75) is 31.2 Å².